The molecule has 0 aromatic heterocycles. The Morgan fingerprint density at radius 2 is 2.05 bits per heavy atom. The monoisotopic (exact) mass is 269 g/mol. The third kappa shape index (κ3) is 2.93. The molecule has 3 N–H and O–H groups in total. The van der Waals surface area contributed by atoms with Crippen LogP contribution >= 0.6 is 0 Å². The molecule has 0 heterocycles. The summed E-state index contributed by atoms with van der Waals surface area (Å²) in [6, 6.07) is 12.9. The second kappa shape index (κ2) is 5.85. The van der Waals surface area contributed by atoms with E-state index in [1.165, 1.54) is 12.1 Å². The largest absolute Gasteiger partial charge is 0.487 e. The molecular formula is C15H12FN3O. The van der Waals surface area contributed by atoms with E-state index in [-0.39, 0.29) is 23.8 Å². The molecule has 0 aliphatic rings. The zero-order valence-corrected chi connectivity index (χ0v) is 10.6. The number of nitrogens with one attached hydrogen (secondary N) is 1. The summed E-state index contributed by atoms with van der Waals surface area (Å²) in [5, 5.41) is 16.4. The molecule has 0 saturated heterocycles. The zero-order chi connectivity index (χ0) is 14.5. The van der Waals surface area contributed by atoms with E-state index in [0.717, 1.165) is 0 Å². The average molecular weight is 269 g/mol. The Balaban J connectivity index is 2.20. The van der Waals surface area contributed by atoms with Gasteiger partial charge in [-0.1, -0.05) is 18.2 Å². The minimum Gasteiger partial charge on any atom is -0.487 e. The van der Waals surface area contributed by atoms with Crippen LogP contribution < -0.4 is 10.5 Å². The topological polar surface area (TPSA) is 82.9 Å². The maximum absolute atomic E-state index is 13.5. The van der Waals surface area contributed by atoms with Crippen LogP contribution in [0.5, 0.6) is 5.75 Å². The van der Waals surface area contributed by atoms with Crippen molar-refractivity contribution in [3.05, 3.63) is 65.0 Å². The van der Waals surface area contributed by atoms with Crippen LogP contribution in [-0.2, 0) is 6.61 Å². The van der Waals surface area contributed by atoms with Crippen molar-refractivity contribution in [1.82, 2.24) is 0 Å². The molecule has 2 rings (SSSR count). The molecule has 0 fully saturated rings. The number of nitrogen functional groups attached to an aromatic ring is 1. The summed E-state index contributed by atoms with van der Waals surface area (Å²) in [4.78, 5) is 0. The Labute approximate surface area is 115 Å². The van der Waals surface area contributed by atoms with Crippen LogP contribution in [-0.4, -0.2) is 5.84 Å². The number of rotatable bonds is 4. The second-order valence-corrected chi connectivity index (χ2v) is 4.12. The highest BCUT2D eigenvalue weighted by Gasteiger charge is 2.08. The Hall–Kier alpha value is -2.87. The van der Waals surface area contributed by atoms with Gasteiger partial charge in [0, 0.05) is 11.1 Å². The summed E-state index contributed by atoms with van der Waals surface area (Å²) in [6.07, 6.45) is 0. The smallest absolute Gasteiger partial charge is 0.137 e. The lowest BCUT2D eigenvalue weighted by Gasteiger charge is -2.09. The molecule has 2 aromatic rings. The summed E-state index contributed by atoms with van der Waals surface area (Å²) in [5.74, 6) is -0.144. The first kappa shape index (κ1) is 13.6. The van der Waals surface area contributed by atoms with Gasteiger partial charge in [-0.05, 0) is 24.3 Å². The molecule has 5 heteroatoms. The number of amidine groups is 1. The lowest BCUT2D eigenvalue weighted by atomic mass is 10.1. The van der Waals surface area contributed by atoms with E-state index in [4.69, 9.17) is 21.1 Å². The van der Waals surface area contributed by atoms with E-state index in [0.29, 0.717) is 16.9 Å². The van der Waals surface area contributed by atoms with Crippen molar-refractivity contribution in [3.63, 3.8) is 0 Å². The minimum absolute atomic E-state index is 0.0285. The molecule has 4 nitrogen and oxygen atoms in total. The van der Waals surface area contributed by atoms with Crippen molar-refractivity contribution in [2.75, 3.05) is 0 Å². The van der Waals surface area contributed by atoms with Crippen LogP contribution in [0.2, 0.25) is 0 Å². The summed E-state index contributed by atoms with van der Waals surface area (Å²) >= 11 is 0. The lowest BCUT2D eigenvalue weighted by Crippen LogP contribution is -2.11. The fourth-order valence-corrected chi connectivity index (χ4v) is 1.68. The number of nitrogens with two attached hydrogens (primary N) is 1. The highest BCUT2D eigenvalue weighted by molar-refractivity contribution is 5.95. The lowest BCUT2D eigenvalue weighted by molar-refractivity contribution is 0.299. The molecule has 2 aromatic carbocycles. The van der Waals surface area contributed by atoms with Gasteiger partial charge in [0.15, 0.2) is 0 Å². The van der Waals surface area contributed by atoms with Gasteiger partial charge in [0.1, 0.15) is 30.1 Å². The van der Waals surface area contributed by atoms with Gasteiger partial charge in [-0.25, -0.2) is 4.39 Å². The van der Waals surface area contributed by atoms with Gasteiger partial charge in [0.2, 0.25) is 0 Å². The fourth-order valence-electron chi connectivity index (χ4n) is 1.68. The minimum atomic E-state index is -0.355. The third-order valence-electron chi connectivity index (χ3n) is 2.75. The van der Waals surface area contributed by atoms with Crippen LogP contribution in [0.3, 0.4) is 0 Å². The molecule has 0 spiro atoms. The quantitative estimate of drug-likeness (QED) is 0.661. The van der Waals surface area contributed by atoms with E-state index in [9.17, 15) is 4.39 Å². The normalized spacial score (nSPS) is 9.80. The predicted octanol–water partition coefficient (Wildman–Crippen LogP) is 2.56. The van der Waals surface area contributed by atoms with Crippen LogP contribution in [0.4, 0.5) is 4.39 Å². The number of hydrogen-bond acceptors (Lipinski definition) is 3. The molecule has 100 valence electrons. The van der Waals surface area contributed by atoms with Gasteiger partial charge in [-0.2, -0.15) is 5.26 Å². The predicted molar refractivity (Wildman–Crippen MR) is 72.9 cm³/mol. The number of nitriles is 1. The molecule has 0 saturated carbocycles. The number of halogens is 1. The molecule has 0 radical (unpaired) electrons. The average Bonchev–Trinajstić information content (AvgIpc) is 2.46. The number of benzene rings is 2. The Kier molecular flexibility index (Phi) is 3.96. The summed E-state index contributed by atoms with van der Waals surface area (Å²) in [6.45, 7) is 0.0285. The third-order valence-corrected chi connectivity index (χ3v) is 2.75. The SMILES string of the molecule is N#Cc1cc(C(=N)N)ccc1OCc1ccccc1F. The summed E-state index contributed by atoms with van der Waals surface area (Å²) in [5.41, 5.74) is 6.47. The van der Waals surface area contributed by atoms with Crippen molar-refractivity contribution in [2.24, 2.45) is 5.73 Å². The number of ether oxygens (including phenoxy) is 1. The van der Waals surface area contributed by atoms with E-state index in [1.807, 2.05) is 6.07 Å². The molecule has 20 heavy (non-hydrogen) atoms. The maximum atomic E-state index is 13.5. The molecule has 0 atom stereocenters. The van der Waals surface area contributed by atoms with Crippen LogP contribution in [0.15, 0.2) is 42.5 Å². The van der Waals surface area contributed by atoms with E-state index >= 15 is 0 Å². The van der Waals surface area contributed by atoms with Gasteiger partial charge in [-0.3, -0.25) is 5.41 Å². The standard InChI is InChI=1S/C15H12FN3O/c16-13-4-2-1-3-11(13)9-20-14-6-5-10(15(18)19)7-12(14)8-17/h1-7H,9H2,(H3,18,19). The highest BCUT2D eigenvalue weighted by atomic mass is 19.1. The van der Waals surface area contributed by atoms with Crippen molar-refractivity contribution >= 4 is 5.84 Å². The molecular weight excluding hydrogens is 257 g/mol. The van der Waals surface area contributed by atoms with Crippen LogP contribution in [0.1, 0.15) is 16.7 Å². The Morgan fingerprint density at radius 1 is 1.30 bits per heavy atom. The Morgan fingerprint density at radius 3 is 2.70 bits per heavy atom. The second-order valence-electron chi connectivity index (χ2n) is 4.12. The first-order valence-electron chi connectivity index (χ1n) is 5.86. The van der Waals surface area contributed by atoms with E-state index < -0.39 is 0 Å². The highest BCUT2D eigenvalue weighted by Crippen LogP contribution is 2.21. The van der Waals surface area contributed by atoms with Gasteiger partial charge in [0.05, 0.1) is 5.56 Å². The molecule has 0 aliphatic carbocycles. The molecule has 0 aliphatic heterocycles. The Bertz CT molecular complexity index is 692. The summed E-state index contributed by atoms with van der Waals surface area (Å²) < 4.78 is 18.9. The maximum Gasteiger partial charge on any atom is 0.137 e. The first-order chi connectivity index (χ1) is 9.61. The molecule has 0 unspecified atom stereocenters. The van der Waals surface area contributed by atoms with Gasteiger partial charge in [0.25, 0.3) is 0 Å². The van der Waals surface area contributed by atoms with Gasteiger partial charge >= 0.3 is 0 Å². The van der Waals surface area contributed by atoms with Gasteiger partial charge in [-0.15, -0.1) is 0 Å². The van der Waals surface area contributed by atoms with Crippen molar-refractivity contribution in [1.29, 1.82) is 10.7 Å². The fraction of sp³-hybridized carbons (Fsp3) is 0.0667. The van der Waals surface area contributed by atoms with Crippen LogP contribution in [0, 0.1) is 22.6 Å². The first-order valence-corrected chi connectivity index (χ1v) is 5.86. The summed E-state index contributed by atoms with van der Waals surface area (Å²) in [7, 11) is 0. The van der Waals surface area contributed by atoms with Crippen molar-refractivity contribution in [2.45, 2.75) is 6.61 Å². The zero-order valence-electron chi connectivity index (χ0n) is 10.6. The number of nitrogens with zero attached hydrogens (tertiary/aromatic N) is 1. The molecule has 0 bridgehead atoms. The van der Waals surface area contributed by atoms with Crippen molar-refractivity contribution in [3.8, 4) is 11.8 Å². The van der Waals surface area contributed by atoms with Crippen LogP contribution in [0.25, 0.3) is 0 Å². The van der Waals surface area contributed by atoms with Gasteiger partial charge < -0.3 is 10.5 Å². The van der Waals surface area contributed by atoms with E-state index in [1.54, 1.807) is 30.3 Å². The number of hydrogen-bond donors (Lipinski definition) is 2. The van der Waals surface area contributed by atoms with E-state index in [2.05, 4.69) is 0 Å². The molecule has 0 amide bonds. The van der Waals surface area contributed by atoms with Crippen molar-refractivity contribution < 1.29 is 9.13 Å².